The molecule has 2 rings (SSSR count). The maximum Gasteiger partial charge on any atom is 0.325 e. The van der Waals surface area contributed by atoms with E-state index < -0.39 is 11.4 Å². The Morgan fingerprint density at radius 3 is 3.00 bits per heavy atom. The molecule has 0 aliphatic carbocycles. The SMILES string of the molecule is CN(OS(=O)O)c1cccc(-c2cscn2)c1. The molecular weight excluding hydrogens is 260 g/mol. The lowest BCUT2D eigenvalue weighted by Crippen LogP contribution is -2.18. The molecule has 17 heavy (non-hydrogen) atoms. The summed E-state index contributed by atoms with van der Waals surface area (Å²) in [5.41, 5.74) is 4.24. The molecule has 0 aliphatic heterocycles. The molecule has 1 N–H and O–H groups in total. The zero-order valence-electron chi connectivity index (χ0n) is 8.94. The predicted octanol–water partition coefficient (Wildman–Crippen LogP) is 2.31. The van der Waals surface area contributed by atoms with E-state index in [2.05, 4.69) is 9.27 Å². The maximum absolute atomic E-state index is 10.5. The Bertz CT molecular complexity index is 516. The van der Waals surface area contributed by atoms with Gasteiger partial charge in [-0.1, -0.05) is 12.1 Å². The van der Waals surface area contributed by atoms with Gasteiger partial charge in [-0.3, -0.25) is 4.55 Å². The van der Waals surface area contributed by atoms with Crippen LogP contribution in [-0.4, -0.2) is 20.8 Å². The van der Waals surface area contributed by atoms with Crippen molar-refractivity contribution in [1.82, 2.24) is 4.98 Å². The van der Waals surface area contributed by atoms with Gasteiger partial charge in [0.2, 0.25) is 0 Å². The van der Waals surface area contributed by atoms with Crippen molar-refractivity contribution < 1.29 is 13.0 Å². The fourth-order valence-electron chi connectivity index (χ4n) is 1.35. The van der Waals surface area contributed by atoms with Gasteiger partial charge < -0.3 is 0 Å². The van der Waals surface area contributed by atoms with Crippen LogP contribution in [0.5, 0.6) is 0 Å². The molecule has 0 saturated heterocycles. The van der Waals surface area contributed by atoms with Gasteiger partial charge in [0.05, 0.1) is 16.9 Å². The van der Waals surface area contributed by atoms with Crippen LogP contribution in [0.1, 0.15) is 0 Å². The number of thiazole rings is 1. The molecule has 1 aromatic heterocycles. The average Bonchev–Trinajstić information content (AvgIpc) is 2.82. The van der Waals surface area contributed by atoms with Crippen molar-refractivity contribution >= 4 is 28.4 Å². The lowest BCUT2D eigenvalue weighted by molar-refractivity contribution is 0.295. The number of nitrogens with zero attached hydrogens (tertiary/aromatic N) is 2. The lowest BCUT2D eigenvalue weighted by atomic mass is 10.1. The van der Waals surface area contributed by atoms with Gasteiger partial charge in [0.15, 0.2) is 0 Å². The highest BCUT2D eigenvalue weighted by Gasteiger charge is 2.07. The number of anilines is 1. The van der Waals surface area contributed by atoms with E-state index in [9.17, 15) is 4.21 Å². The minimum absolute atomic E-state index is 0.679. The summed E-state index contributed by atoms with van der Waals surface area (Å²) in [4.78, 5) is 4.20. The Kier molecular flexibility index (Phi) is 3.85. The summed E-state index contributed by atoms with van der Waals surface area (Å²) in [6.45, 7) is 0. The van der Waals surface area contributed by atoms with E-state index in [0.717, 1.165) is 11.3 Å². The van der Waals surface area contributed by atoms with Crippen molar-refractivity contribution in [2.24, 2.45) is 0 Å². The molecule has 1 aromatic carbocycles. The second-order valence-corrected chi connectivity index (χ2v) is 4.52. The van der Waals surface area contributed by atoms with Gasteiger partial charge in [-0.05, 0) is 12.1 Å². The van der Waals surface area contributed by atoms with Crippen LogP contribution in [0.15, 0.2) is 35.2 Å². The molecule has 90 valence electrons. The van der Waals surface area contributed by atoms with Gasteiger partial charge in [-0.2, -0.15) is 4.21 Å². The molecule has 1 unspecified atom stereocenters. The molecule has 7 heteroatoms. The average molecular weight is 270 g/mol. The summed E-state index contributed by atoms with van der Waals surface area (Å²) in [6, 6.07) is 7.37. The highest BCUT2D eigenvalue weighted by molar-refractivity contribution is 7.74. The molecule has 0 aliphatic rings. The quantitative estimate of drug-likeness (QED) is 0.682. The summed E-state index contributed by atoms with van der Waals surface area (Å²) in [7, 11) is 1.56. The summed E-state index contributed by atoms with van der Waals surface area (Å²) in [6.07, 6.45) is 0. The van der Waals surface area contributed by atoms with Gasteiger partial charge >= 0.3 is 11.4 Å². The molecule has 0 fully saturated rings. The number of benzene rings is 1. The summed E-state index contributed by atoms with van der Waals surface area (Å²) >= 11 is -0.812. The third-order valence-corrected chi connectivity index (χ3v) is 3.05. The third-order valence-electron chi connectivity index (χ3n) is 2.11. The van der Waals surface area contributed by atoms with Gasteiger partial charge in [-0.25, -0.2) is 10.0 Å². The molecule has 1 heterocycles. The van der Waals surface area contributed by atoms with E-state index in [4.69, 9.17) is 4.55 Å². The zero-order valence-corrected chi connectivity index (χ0v) is 10.6. The van der Waals surface area contributed by atoms with Crippen molar-refractivity contribution in [3.05, 3.63) is 35.2 Å². The molecule has 0 spiro atoms. The second-order valence-electron chi connectivity index (χ2n) is 3.21. The second kappa shape index (κ2) is 5.37. The molecule has 1 atom stereocenters. The Morgan fingerprint density at radius 1 is 1.53 bits per heavy atom. The standard InChI is InChI=1S/C10H10N2O3S2/c1-12(15-17(13)14)9-4-2-3-8(5-9)10-6-16-7-11-10/h2-7H,1H3,(H,13,14). The minimum atomic E-state index is -2.33. The summed E-state index contributed by atoms with van der Waals surface area (Å²) in [5, 5.41) is 3.18. The van der Waals surface area contributed by atoms with E-state index >= 15 is 0 Å². The topological polar surface area (TPSA) is 62.7 Å². The fraction of sp³-hybridized carbons (Fsp3) is 0.100. The van der Waals surface area contributed by atoms with E-state index in [1.807, 2.05) is 23.6 Å². The van der Waals surface area contributed by atoms with Crippen LogP contribution in [0.25, 0.3) is 11.3 Å². The summed E-state index contributed by atoms with van der Waals surface area (Å²) < 4.78 is 23.8. The Hall–Kier alpha value is -1.28. The molecule has 0 radical (unpaired) electrons. The van der Waals surface area contributed by atoms with Crippen LogP contribution in [0.2, 0.25) is 0 Å². The van der Waals surface area contributed by atoms with Crippen LogP contribution in [0.4, 0.5) is 5.69 Å². The third kappa shape index (κ3) is 3.10. The molecule has 0 amide bonds. The normalized spacial score (nSPS) is 12.4. The number of hydrogen-bond acceptors (Lipinski definition) is 5. The van der Waals surface area contributed by atoms with Gasteiger partial charge in [0.1, 0.15) is 0 Å². The van der Waals surface area contributed by atoms with Crippen molar-refractivity contribution in [3.8, 4) is 11.3 Å². The zero-order chi connectivity index (χ0) is 12.3. The van der Waals surface area contributed by atoms with Crippen LogP contribution in [0.3, 0.4) is 0 Å². The first-order valence-electron chi connectivity index (χ1n) is 4.68. The number of hydroxylamine groups is 1. The fourth-order valence-corrected chi connectivity index (χ4v) is 2.19. The first kappa shape index (κ1) is 12.2. The van der Waals surface area contributed by atoms with Crippen LogP contribution in [-0.2, 0) is 15.6 Å². The number of hydrogen-bond donors (Lipinski definition) is 1. The van der Waals surface area contributed by atoms with Crippen molar-refractivity contribution in [3.63, 3.8) is 0 Å². The van der Waals surface area contributed by atoms with Gasteiger partial charge in [0.25, 0.3) is 0 Å². The van der Waals surface area contributed by atoms with Crippen LogP contribution in [0, 0.1) is 0 Å². The smallest absolute Gasteiger partial charge is 0.282 e. The summed E-state index contributed by atoms with van der Waals surface area (Å²) in [5.74, 6) is 0. The Balaban J connectivity index is 2.25. The van der Waals surface area contributed by atoms with Crippen LogP contribution >= 0.6 is 11.3 Å². The molecular formula is C10H10N2O3S2. The molecule has 2 aromatic rings. The predicted molar refractivity (Wildman–Crippen MR) is 67.8 cm³/mol. The van der Waals surface area contributed by atoms with E-state index in [0.29, 0.717) is 5.69 Å². The highest BCUT2D eigenvalue weighted by Crippen LogP contribution is 2.24. The largest absolute Gasteiger partial charge is 0.325 e. The van der Waals surface area contributed by atoms with Crippen molar-refractivity contribution in [2.45, 2.75) is 0 Å². The highest BCUT2D eigenvalue weighted by atomic mass is 32.2. The van der Waals surface area contributed by atoms with Crippen molar-refractivity contribution in [2.75, 3.05) is 12.1 Å². The van der Waals surface area contributed by atoms with Gasteiger partial charge in [0, 0.05) is 18.0 Å². The van der Waals surface area contributed by atoms with E-state index in [-0.39, 0.29) is 0 Å². The van der Waals surface area contributed by atoms with E-state index in [1.165, 1.54) is 16.4 Å². The first-order chi connectivity index (χ1) is 8.16. The van der Waals surface area contributed by atoms with Gasteiger partial charge in [-0.15, -0.1) is 15.6 Å². The number of rotatable bonds is 4. The molecule has 0 saturated carbocycles. The Labute approximate surface area is 105 Å². The molecule has 5 nitrogen and oxygen atoms in total. The first-order valence-corrected chi connectivity index (χ1v) is 6.66. The number of aromatic nitrogens is 1. The monoisotopic (exact) mass is 270 g/mol. The van der Waals surface area contributed by atoms with Crippen molar-refractivity contribution in [1.29, 1.82) is 0 Å². The molecule has 0 bridgehead atoms. The van der Waals surface area contributed by atoms with E-state index in [1.54, 1.807) is 18.6 Å². The maximum atomic E-state index is 10.5. The minimum Gasteiger partial charge on any atom is -0.282 e. The van der Waals surface area contributed by atoms with Crippen LogP contribution < -0.4 is 5.06 Å². The Morgan fingerprint density at radius 2 is 2.35 bits per heavy atom. The lowest BCUT2D eigenvalue weighted by Gasteiger charge is -2.15.